The number of alkyl carbamates (subject to hydrolysis) is 1. The molecule has 0 saturated heterocycles. The molecule has 1 aromatic carbocycles. The molecule has 1 rings (SSSR count). The number of thiocarbonyl (C=S) groups is 1. The van der Waals surface area contributed by atoms with Crippen molar-refractivity contribution in [1.29, 1.82) is 0 Å². The number of amides is 1. The monoisotopic (exact) mass is 495 g/mol. The SMILES string of the molecule is CCOC(=O)N[C@@H](NC(=S)Nc1ccc(I)cc1)C(Cl)(Cl)Cl. The van der Waals surface area contributed by atoms with Crippen LogP contribution in [0.3, 0.4) is 0 Å². The maximum atomic E-state index is 11.5. The molecule has 0 unspecified atom stereocenters. The largest absolute Gasteiger partial charge is 0.450 e. The minimum atomic E-state index is -1.81. The molecule has 22 heavy (non-hydrogen) atoms. The van der Waals surface area contributed by atoms with Crippen molar-refractivity contribution in [2.75, 3.05) is 11.9 Å². The Bertz CT molecular complexity index is 525. The molecule has 0 bridgehead atoms. The first-order chi connectivity index (χ1) is 10.2. The van der Waals surface area contributed by atoms with Gasteiger partial charge in [0, 0.05) is 9.26 Å². The highest BCUT2D eigenvalue weighted by atomic mass is 127. The zero-order chi connectivity index (χ0) is 16.8. The third-order valence-electron chi connectivity index (χ3n) is 2.24. The predicted molar refractivity (Wildman–Crippen MR) is 103 cm³/mol. The van der Waals surface area contributed by atoms with Gasteiger partial charge in [-0.05, 0) is 66.0 Å². The van der Waals surface area contributed by atoms with Crippen LogP contribution in [0.1, 0.15) is 6.92 Å². The van der Waals surface area contributed by atoms with E-state index < -0.39 is 16.1 Å². The minimum Gasteiger partial charge on any atom is -0.450 e. The van der Waals surface area contributed by atoms with Crippen LogP contribution in [0.4, 0.5) is 10.5 Å². The molecule has 0 radical (unpaired) electrons. The fourth-order valence-electron chi connectivity index (χ4n) is 1.32. The van der Waals surface area contributed by atoms with E-state index in [4.69, 9.17) is 51.8 Å². The fourth-order valence-corrected chi connectivity index (χ4v) is 2.24. The van der Waals surface area contributed by atoms with Crippen molar-refractivity contribution in [2.24, 2.45) is 0 Å². The Morgan fingerprint density at radius 2 is 1.91 bits per heavy atom. The van der Waals surface area contributed by atoms with E-state index >= 15 is 0 Å². The molecule has 0 aromatic heterocycles. The van der Waals surface area contributed by atoms with Crippen LogP contribution in [0.15, 0.2) is 24.3 Å². The van der Waals surface area contributed by atoms with Gasteiger partial charge >= 0.3 is 6.09 Å². The minimum absolute atomic E-state index is 0.189. The molecule has 1 atom stereocenters. The number of hydrogen-bond donors (Lipinski definition) is 3. The van der Waals surface area contributed by atoms with Crippen molar-refractivity contribution >= 4 is 86.5 Å². The first kappa shape index (κ1) is 19.8. The quantitative estimate of drug-likeness (QED) is 0.254. The molecule has 122 valence electrons. The van der Waals surface area contributed by atoms with E-state index in [-0.39, 0.29) is 11.7 Å². The Hall–Kier alpha value is -0.220. The number of anilines is 1. The molecule has 1 aromatic rings. The Labute approximate surface area is 162 Å². The van der Waals surface area contributed by atoms with Crippen LogP contribution in [0.5, 0.6) is 0 Å². The summed E-state index contributed by atoms with van der Waals surface area (Å²) in [7, 11) is 0. The Balaban J connectivity index is 2.66. The van der Waals surface area contributed by atoms with Gasteiger partial charge in [-0.2, -0.15) is 0 Å². The summed E-state index contributed by atoms with van der Waals surface area (Å²) in [6.45, 7) is 1.87. The predicted octanol–water partition coefficient (Wildman–Crippen LogP) is 4.02. The maximum Gasteiger partial charge on any atom is 0.408 e. The smallest absolute Gasteiger partial charge is 0.408 e. The van der Waals surface area contributed by atoms with Crippen molar-refractivity contribution in [3.05, 3.63) is 27.8 Å². The highest BCUT2D eigenvalue weighted by Crippen LogP contribution is 2.29. The zero-order valence-electron chi connectivity index (χ0n) is 11.3. The molecule has 5 nitrogen and oxygen atoms in total. The summed E-state index contributed by atoms with van der Waals surface area (Å²) in [5, 5.41) is 8.22. The van der Waals surface area contributed by atoms with E-state index in [1.807, 2.05) is 24.3 Å². The highest BCUT2D eigenvalue weighted by molar-refractivity contribution is 14.1. The number of hydrogen-bond acceptors (Lipinski definition) is 3. The first-order valence-corrected chi connectivity index (χ1v) is 8.67. The van der Waals surface area contributed by atoms with Crippen LogP contribution < -0.4 is 16.0 Å². The molecular weight excluding hydrogens is 483 g/mol. The van der Waals surface area contributed by atoms with E-state index in [1.54, 1.807) is 6.92 Å². The van der Waals surface area contributed by atoms with Gasteiger partial charge in [-0.25, -0.2) is 4.79 Å². The second-order valence-electron chi connectivity index (χ2n) is 3.94. The number of benzene rings is 1. The van der Waals surface area contributed by atoms with E-state index in [0.29, 0.717) is 0 Å². The fraction of sp³-hybridized carbons (Fsp3) is 0.333. The maximum absolute atomic E-state index is 11.5. The third-order valence-corrected chi connectivity index (χ3v) is 3.84. The van der Waals surface area contributed by atoms with Crippen molar-refractivity contribution in [1.82, 2.24) is 10.6 Å². The van der Waals surface area contributed by atoms with Gasteiger partial charge < -0.3 is 15.4 Å². The third kappa shape index (κ3) is 7.36. The normalized spacial score (nSPS) is 12.2. The van der Waals surface area contributed by atoms with Gasteiger partial charge in [-0.15, -0.1) is 0 Å². The summed E-state index contributed by atoms with van der Waals surface area (Å²) in [5.74, 6) is 0. The lowest BCUT2D eigenvalue weighted by Gasteiger charge is -2.27. The van der Waals surface area contributed by atoms with E-state index in [0.717, 1.165) is 9.26 Å². The number of alkyl halides is 3. The van der Waals surface area contributed by atoms with Crippen molar-refractivity contribution < 1.29 is 9.53 Å². The Morgan fingerprint density at radius 3 is 2.41 bits per heavy atom. The average Bonchev–Trinajstić information content (AvgIpc) is 2.40. The second-order valence-corrected chi connectivity index (χ2v) is 7.97. The summed E-state index contributed by atoms with van der Waals surface area (Å²) in [5.41, 5.74) is 0.761. The van der Waals surface area contributed by atoms with Gasteiger partial charge in [0.1, 0.15) is 0 Å². The summed E-state index contributed by atoms with van der Waals surface area (Å²) in [6, 6.07) is 7.52. The molecule has 1 amide bonds. The van der Waals surface area contributed by atoms with Crippen LogP contribution in [0, 0.1) is 3.57 Å². The van der Waals surface area contributed by atoms with E-state index in [9.17, 15) is 4.79 Å². The van der Waals surface area contributed by atoms with Crippen molar-refractivity contribution in [3.8, 4) is 0 Å². The molecule has 0 aliphatic rings. The van der Waals surface area contributed by atoms with Crippen LogP contribution in [-0.2, 0) is 4.74 Å². The van der Waals surface area contributed by atoms with Gasteiger partial charge in [0.15, 0.2) is 11.3 Å². The average molecular weight is 497 g/mol. The number of carbonyl (C=O) groups excluding carboxylic acids is 1. The lowest BCUT2D eigenvalue weighted by atomic mass is 10.3. The molecule has 10 heteroatoms. The Kier molecular flexibility index (Phi) is 8.26. The second kappa shape index (κ2) is 9.17. The summed E-state index contributed by atoms with van der Waals surface area (Å²) >= 11 is 24.8. The molecule has 0 heterocycles. The number of carbonyl (C=O) groups is 1. The molecule has 0 aliphatic carbocycles. The standard InChI is InChI=1S/C12H13Cl3IN3O2S/c1-2-21-11(20)19-9(12(13,14)15)18-10(22)17-8-5-3-7(16)4-6-8/h3-6,9H,2H2,1H3,(H,19,20)(H2,17,18,22)/t9-/m1/s1. The summed E-state index contributed by atoms with van der Waals surface area (Å²) < 4.78 is 4.02. The van der Waals surface area contributed by atoms with Gasteiger partial charge in [0.25, 0.3) is 0 Å². The molecular formula is C12H13Cl3IN3O2S. The molecule has 0 fully saturated rings. The first-order valence-electron chi connectivity index (χ1n) is 6.05. The van der Waals surface area contributed by atoms with Crippen molar-refractivity contribution in [3.63, 3.8) is 0 Å². The highest BCUT2D eigenvalue weighted by Gasteiger charge is 2.35. The molecule has 0 saturated carbocycles. The van der Waals surface area contributed by atoms with Crippen LogP contribution in [0.2, 0.25) is 0 Å². The zero-order valence-corrected chi connectivity index (χ0v) is 16.6. The summed E-state index contributed by atoms with van der Waals surface area (Å²) in [6.07, 6.45) is -1.77. The van der Waals surface area contributed by atoms with Gasteiger partial charge in [0.05, 0.1) is 6.61 Å². The lowest BCUT2D eigenvalue weighted by Crippen LogP contribution is -2.56. The van der Waals surface area contributed by atoms with Gasteiger partial charge in [-0.1, -0.05) is 34.8 Å². The lowest BCUT2D eigenvalue weighted by molar-refractivity contribution is 0.147. The van der Waals surface area contributed by atoms with Crippen LogP contribution in [-0.4, -0.2) is 27.8 Å². The Morgan fingerprint density at radius 1 is 1.32 bits per heavy atom. The topological polar surface area (TPSA) is 62.4 Å². The molecule has 0 aliphatic heterocycles. The number of halogens is 4. The molecule has 0 spiro atoms. The van der Waals surface area contributed by atoms with Gasteiger partial charge in [-0.3, -0.25) is 5.32 Å². The number of nitrogens with one attached hydrogen (secondary N) is 3. The van der Waals surface area contributed by atoms with Crippen molar-refractivity contribution in [2.45, 2.75) is 16.9 Å². The van der Waals surface area contributed by atoms with Crippen LogP contribution in [0.25, 0.3) is 0 Å². The molecule has 3 N–H and O–H groups in total. The van der Waals surface area contributed by atoms with Crippen LogP contribution >= 0.6 is 69.6 Å². The van der Waals surface area contributed by atoms with E-state index in [1.165, 1.54) is 0 Å². The number of rotatable bonds is 4. The van der Waals surface area contributed by atoms with E-state index in [2.05, 4.69) is 38.5 Å². The number of ether oxygens (including phenoxy) is 1. The summed E-state index contributed by atoms with van der Waals surface area (Å²) in [4.78, 5) is 11.5. The van der Waals surface area contributed by atoms with Gasteiger partial charge in [0.2, 0.25) is 3.79 Å².